The van der Waals surface area contributed by atoms with Crippen LogP contribution in [0.4, 0.5) is 0 Å². The van der Waals surface area contributed by atoms with Crippen molar-refractivity contribution in [2.24, 2.45) is 5.92 Å². The molecule has 0 aromatic rings. The van der Waals surface area contributed by atoms with Gasteiger partial charge in [0.1, 0.15) is 11.2 Å². The number of hydrogen-bond acceptors (Lipinski definition) is 6. The first-order valence-electron chi connectivity index (χ1n) is 8.75. The van der Waals surface area contributed by atoms with Gasteiger partial charge in [-0.25, -0.2) is 0 Å². The van der Waals surface area contributed by atoms with E-state index >= 15 is 0 Å². The first-order valence-corrected chi connectivity index (χ1v) is 8.75. The van der Waals surface area contributed by atoms with Crippen LogP contribution in [0, 0.1) is 5.92 Å². The Balaban J connectivity index is 4.58. The number of rotatable bonds is 10. The van der Waals surface area contributed by atoms with Gasteiger partial charge in [-0.05, 0) is 54.4 Å². The van der Waals surface area contributed by atoms with Gasteiger partial charge in [0, 0.05) is 6.54 Å². The molecule has 2 N–H and O–H groups in total. The van der Waals surface area contributed by atoms with E-state index in [1.807, 2.05) is 0 Å². The summed E-state index contributed by atoms with van der Waals surface area (Å²) >= 11 is 0. The fourth-order valence-electron chi connectivity index (χ4n) is 1.98. The molecule has 0 spiro atoms. The van der Waals surface area contributed by atoms with Gasteiger partial charge in [-0.15, -0.1) is 0 Å². The molecule has 0 unspecified atom stereocenters. The molecule has 0 aromatic heterocycles. The largest absolute Gasteiger partial charge is 0.459 e. The summed E-state index contributed by atoms with van der Waals surface area (Å²) in [5.74, 6) is -2.51. The summed E-state index contributed by atoms with van der Waals surface area (Å²) in [5.41, 5.74) is -1.40. The summed E-state index contributed by atoms with van der Waals surface area (Å²) in [6, 6.07) is 0. The smallest absolute Gasteiger partial charge is 0.320 e. The summed E-state index contributed by atoms with van der Waals surface area (Å²) in [7, 11) is 0. The fourth-order valence-corrected chi connectivity index (χ4v) is 1.98. The van der Waals surface area contributed by atoms with Gasteiger partial charge in [-0.3, -0.25) is 19.2 Å². The number of hydrogen-bond donors (Lipinski definition) is 2. The van der Waals surface area contributed by atoms with E-state index < -0.39 is 29.1 Å². The number of carbonyl (C=O) groups is 4. The van der Waals surface area contributed by atoms with Crippen molar-refractivity contribution in [1.29, 1.82) is 0 Å². The zero-order chi connectivity index (χ0) is 20.4. The molecule has 8 nitrogen and oxygen atoms in total. The standard InChI is InChI=1S/C18H32N2O6/c1-17(2,3)25-15(23)13(16(24)26-18(4,5)6)9-7-8-10-20-14(22)11-19-12-21/h12-13H,7-11H2,1-6H3,(H,19,21)(H,20,22). The fraction of sp³-hybridized carbons (Fsp3) is 0.778. The van der Waals surface area contributed by atoms with Gasteiger partial charge in [0.15, 0.2) is 5.92 Å². The number of unbranched alkanes of at least 4 members (excludes halogenated alkanes) is 1. The molecule has 2 amide bonds. The molecule has 26 heavy (non-hydrogen) atoms. The molecule has 0 aromatic carbocycles. The molecule has 0 heterocycles. The second kappa shape index (κ2) is 10.8. The van der Waals surface area contributed by atoms with Crippen molar-refractivity contribution >= 4 is 24.3 Å². The molecule has 0 fully saturated rings. The number of nitrogens with one attached hydrogen (secondary N) is 2. The number of amides is 2. The number of ether oxygens (including phenoxy) is 2. The lowest BCUT2D eigenvalue weighted by molar-refractivity contribution is -0.174. The van der Waals surface area contributed by atoms with Crippen LogP contribution in [0.15, 0.2) is 0 Å². The molecule has 0 atom stereocenters. The normalized spacial score (nSPS) is 11.7. The maximum absolute atomic E-state index is 12.3. The van der Waals surface area contributed by atoms with E-state index in [2.05, 4.69) is 10.6 Å². The predicted octanol–water partition coefficient (Wildman–Crippen LogP) is 1.32. The van der Waals surface area contributed by atoms with Crippen molar-refractivity contribution in [2.75, 3.05) is 13.1 Å². The van der Waals surface area contributed by atoms with Gasteiger partial charge in [0.2, 0.25) is 12.3 Å². The van der Waals surface area contributed by atoms with E-state index in [1.165, 1.54) is 0 Å². The van der Waals surface area contributed by atoms with Crippen molar-refractivity contribution in [2.45, 2.75) is 72.0 Å². The second-order valence-electron chi connectivity index (χ2n) is 7.96. The molecular formula is C18H32N2O6. The van der Waals surface area contributed by atoms with E-state index in [1.54, 1.807) is 41.5 Å². The molecule has 0 rings (SSSR count). The first-order chi connectivity index (χ1) is 11.9. The summed E-state index contributed by atoms with van der Waals surface area (Å²) < 4.78 is 10.6. The molecule has 0 aliphatic heterocycles. The Labute approximate surface area is 155 Å². The average Bonchev–Trinajstić information content (AvgIpc) is 2.44. The topological polar surface area (TPSA) is 111 Å². The second-order valence-corrected chi connectivity index (χ2v) is 7.96. The van der Waals surface area contributed by atoms with Gasteiger partial charge in [0.05, 0.1) is 6.54 Å². The van der Waals surface area contributed by atoms with Crippen LogP contribution in [0.2, 0.25) is 0 Å². The SMILES string of the molecule is CC(C)(C)OC(=O)C(CCCCNC(=O)CNC=O)C(=O)OC(C)(C)C. The average molecular weight is 372 g/mol. The lowest BCUT2D eigenvalue weighted by atomic mass is 10.0. The summed E-state index contributed by atoms with van der Waals surface area (Å²) in [4.78, 5) is 46.1. The van der Waals surface area contributed by atoms with E-state index in [0.717, 1.165) is 0 Å². The minimum Gasteiger partial charge on any atom is -0.459 e. The highest BCUT2D eigenvalue weighted by Crippen LogP contribution is 2.20. The Bertz CT molecular complexity index is 463. The van der Waals surface area contributed by atoms with Crippen molar-refractivity contribution in [1.82, 2.24) is 10.6 Å². The molecule has 0 saturated carbocycles. The zero-order valence-corrected chi connectivity index (χ0v) is 16.6. The van der Waals surface area contributed by atoms with E-state index in [9.17, 15) is 19.2 Å². The van der Waals surface area contributed by atoms with Crippen molar-refractivity contribution in [3.63, 3.8) is 0 Å². The third kappa shape index (κ3) is 12.3. The van der Waals surface area contributed by atoms with Gasteiger partial charge < -0.3 is 20.1 Å². The van der Waals surface area contributed by atoms with Crippen LogP contribution in [0.3, 0.4) is 0 Å². The number of carbonyl (C=O) groups excluding carboxylic acids is 4. The Morgan fingerprint density at radius 3 is 1.85 bits per heavy atom. The summed E-state index contributed by atoms with van der Waals surface area (Å²) in [6.45, 7) is 10.7. The van der Waals surface area contributed by atoms with Crippen LogP contribution in [0.1, 0.15) is 60.8 Å². The minimum atomic E-state index is -0.999. The van der Waals surface area contributed by atoms with Gasteiger partial charge in [-0.2, -0.15) is 0 Å². The van der Waals surface area contributed by atoms with Crippen LogP contribution >= 0.6 is 0 Å². The minimum absolute atomic E-state index is 0.0814. The highest BCUT2D eigenvalue weighted by atomic mass is 16.6. The molecule has 0 saturated heterocycles. The molecule has 0 bridgehead atoms. The molecular weight excluding hydrogens is 340 g/mol. The van der Waals surface area contributed by atoms with Crippen LogP contribution in [-0.4, -0.2) is 48.5 Å². The van der Waals surface area contributed by atoms with Gasteiger partial charge >= 0.3 is 11.9 Å². The summed E-state index contributed by atoms with van der Waals surface area (Å²) in [5, 5.41) is 4.90. The summed E-state index contributed by atoms with van der Waals surface area (Å²) in [6.07, 6.45) is 1.83. The van der Waals surface area contributed by atoms with Crippen LogP contribution < -0.4 is 10.6 Å². The van der Waals surface area contributed by atoms with E-state index in [4.69, 9.17) is 9.47 Å². The Morgan fingerprint density at radius 1 is 0.923 bits per heavy atom. The van der Waals surface area contributed by atoms with Crippen LogP contribution in [0.25, 0.3) is 0 Å². The first kappa shape index (κ1) is 23.9. The zero-order valence-electron chi connectivity index (χ0n) is 16.6. The third-order valence-corrected chi connectivity index (χ3v) is 2.97. The lowest BCUT2D eigenvalue weighted by Crippen LogP contribution is -2.37. The molecule has 0 aliphatic carbocycles. The highest BCUT2D eigenvalue weighted by molar-refractivity contribution is 5.95. The Morgan fingerprint density at radius 2 is 1.42 bits per heavy atom. The predicted molar refractivity (Wildman–Crippen MR) is 96.1 cm³/mol. The Hall–Kier alpha value is -2.12. The van der Waals surface area contributed by atoms with Crippen LogP contribution in [-0.2, 0) is 28.7 Å². The third-order valence-electron chi connectivity index (χ3n) is 2.97. The lowest BCUT2D eigenvalue weighted by Gasteiger charge is -2.26. The quantitative estimate of drug-likeness (QED) is 0.259. The highest BCUT2D eigenvalue weighted by Gasteiger charge is 2.34. The van der Waals surface area contributed by atoms with Gasteiger partial charge in [-0.1, -0.05) is 6.42 Å². The molecule has 8 heteroatoms. The van der Waals surface area contributed by atoms with E-state index in [0.29, 0.717) is 25.8 Å². The Kier molecular flexibility index (Phi) is 9.90. The van der Waals surface area contributed by atoms with Gasteiger partial charge in [0.25, 0.3) is 0 Å². The van der Waals surface area contributed by atoms with Crippen molar-refractivity contribution in [3.8, 4) is 0 Å². The molecule has 0 aliphatic rings. The van der Waals surface area contributed by atoms with Crippen molar-refractivity contribution < 1.29 is 28.7 Å². The maximum Gasteiger partial charge on any atom is 0.320 e. The molecule has 0 radical (unpaired) electrons. The molecule has 150 valence electrons. The maximum atomic E-state index is 12.3. The van der Waals surface area contributed by atoms with Crippen molar-refractivity contribution in [3.05, 3.63) is 0 Å². The number of esters is 2. The van der Waals surface area contributed by atoms with E-state index in [-0.39, 0.29) is 18.9 Å². The monoisotopic (exact) mass is 372 g/mol. The van der Waals surface area contributed by atoms with Crippen LogP contribution in [0.5, 0.6) is 0 Å².